The Bertz CT molecular complexity index is 378. The van der Waals surface area contributed by atoms with Crippen LogP contribution in [-0.4, -0.2) is 32.6 Å². The Balaban J connectivity index is 1.99. The Hall–Kier alpha value is -1.61. The van der Waals surface area contributed by atoms with Crippen LogP contribution in [0, 0.1) is 0 Å². The summed E-state index contributed by atoms with van der Waals surface area (Å²) in [6.45, 7) is 3.53. The highest BCUT2D eigenvalue weighted by atomic mass is 16.5. The average Bonchev–Trinajstić information content (AvgIpc) is 2.41. The second kappa shape index (κ2) is 6.21. The monoisotopic (exact) mass is 231 g/mol. The molecule has 0 saturated carbocycles. The van der Waals surface area contributed by atoms with Crippen molar-refractivity contribution < 1.29 is 9.53 Å². The zero-order valence-electron chi connectivity index (χ0n) is 9.84. The van der Waals surface area contributed by atoms with E-state index in [9.17, 15) is 4.79 Å². The van der Waals surface area contributed by atoms with Crippen LogP contribution in [0.3, 0.4) is 0 Å². The van der Waals surface area contributed by atoms with E-state index in [1.807, 2.05) is 12.2 Å². The van der Waals surface area contributed by atoms with Crippen LogP contribution in [-0.2, 0) is 9.53 Å². The third kappa shape index (κ3) is 3.43. The van der Waals surface area contributed by atoms with Crippen LogP contribution in [0.1, 0.15) is 12.0 Å². The van der Waals surface area contributed by atoms with Crippen LogP contribution in [0.15, 0.2) is 30.3 Å². The number of anilines is 1. The fourth-order valence-corrected chi connectivity index (χ4v) is 1.88. The molecule has 0 bridgehead atoms. The number of hydrogen-bond acceptors (Lipinski definition) is 3. The van der Waals surface area contributed by atoms with Crippen LogP contribution in [0.5, 0.6) is 0 Å². The Kier molecular flexibility index (Phi) is 4.33. The minimum absolute atomic E-state index is 0.477. The number of carbonyl (C=O) groups excluding carboxylic acids is 1. The number of morpholine rings is 1. The summed E-state index contributed by atoms with van der Waals surface area (Å²) in [7, 11) is 0. The number of nitrogens with zero attached hydrogens (tertiary/aromatic N) is 1. The highest BCUT2D eigenvalue weighted by Gasteiger charge is 2.10. The molecule has 0 N–H and O–H groups in total. The molecule has 3 nitrogen and oxygen atoms in total. The zero-order chi connectivity index (χ0) is 11.9. The molecule has 1 aromatic carbocycles. The molecule has 1 aliphatic heterocycles. The fraction of sp³-hybridized carbons (Fsp3) is 0.357. The van der Waals surface area contributed by atoms with Crippen molar-refractivity contribution in [2.45, 2.75) is 6.42 Å². The van der Waals surface area contributed by atoms with E-state index in [0.717, 1.165) is 38.2 Å². The quantitative estimate of drug-likeness (QED) is 0.743. The lowest BCUT2D eigenvalue weighted by Crippen LogP contribution is -2.36. The molecule has 1 heterocycles. The summed E-state index contributed by atoms with van der Waals surface area (Å²) in [5.74, 6) is 0. The van der Waals surface area contributed by atoms with Crippen LogP contribution < -0.4 is 4.90 Å². The highest BCUT2D eigenvalue weighted by molar-refractivity contribution is 5.60. The standard InChI is InChI=1S/C14H17NO2/c16-10-2-1-3-13-4-6-14(7-5-13)15-8-11-17-12-9-15/h1,3-7,10H,2,8-9,11-12H2. The first kappa shape index (κ1) is 11.9. The van der Waals surface area contributed by atoms with Crippen LogP contribution >= 0.6 is 0 Å². The molecule has 0 atom stereocenters. The highest BCUT2D eigenvalue weighted by Crippen LogP contribution is 2.17. The van der Waals surface area contributed by atoms with Gasteiger partial charge in [0.15, 0.2) is 0 Å². The number of aldehydes is 1. The van der Waals surface area contributed by atoms with Crippen molar-refractivity contribution in [3.63, 3.8) is 0 Å². The van der Waals surface area contributed by atoms with E-state index < -0.39 is 0 Å². The fourth-order valence-electron chi connectivity index (χ4n) is 1.88. The summed E-state index contributed by atoms with van der Waals surface area (Å²) in [6, 6.07) is 8.38. The molecule has 0 aliphatic carbocycles. The molecule has 3 heteroatoms. The van der Waals surface area contributed by atoms with E-state index in [1.54, 1.807) is 0 Å². The predicted octanol–water partition coefficient (Wildman–Crippen LogP) is 2.13. The van der Waals surface area contributed by atoms with Crippen molar-refractivity contribution in [1.82, 2.24) is 0 Å². The topological polar surface area (TPSA) is 29.5 Å². The second-order valence-electron chi connectivity index (χ2n) is 4.00. The first-order chi connectivity index (χ1) is 8.40. The van der Waals surface area contributed by atoms with E-state index in [4.69, 9.17) is 4.74 Å². The first-order valence-electron chi connectivity index (χ1n) is 5.93. The summed E-state index contributed by atoms with van der Waals surface area (Å²) in [6.07, 6.45) is 5.22. The SMILES string of the molecule is O=CCC=Cc1ccc(N2CCOCC2)cc1. The number of rotatable bonds is 4. The van der Waals surface area contributed by atoms with E-state index in [1.165, 1.54) is 5.69 Å². The Labute approximate surface area is 102 Å². The summed E-state index contributed by atoms with van der Waals surface area (Å²) >= 11 is 0. The summed E-state index contributed by atoms with van der Waals surface area (Å²) in [5.41, 5.74) is 2.37. The molecular formula is C14H17NO2. The molecule has 1 aliphatic rings. The molecule has 0 unspecified atom stereocenters. The van der Waals surface area contributed by atoms with Gasteiger partial charge in [0.05, 0.1) is 13.2 Å². The Morgan fingerprint density at radius 1 is 1.18 bits per heavy atom. The van der Waals surface area contributed by atoms with Gasteiger partial charge in [0, 0.05) is 25.2 Å². The van der Waals surface area contributed by atoms with Gasteiger partial charge in [0.2, 0.25) is 0 Å². The van der Waals surface area contributed by atoms with Crippen molar-refractivity contribution in [3.8, 4) is 0 Å². The summed E-state index contributed by atoms with van der Waals surface area (Å²) < 4.78 is 5.32. The van der Waals surface area contributed by atoms with Crippen molar-refractivity contribution in [2.24, 2.45) is 0 Å². The number of carbonyl (C=O) groups is 1. The lowest BCUT2D eigenvalue weighted by Gasteiger charge is -2.28. The molecular weight excluding hydrogens is 214 g/mol. The third-order valence-corrected chi connectivity index (χ3v) is 2.81. The van der Waals surface area contributed by atoms with E-state index in [0.29, 0.717) is 6.42 Å². The Morgan fingerprint density at radius 2 is 1.88 bits per heavy atom. The van der Waals surface area contributed by atoms with Crippen molar-refractivity contribution in [1.29, 1.82) is 0 Å². The predicted molar refractivity (Wildman–Crippen MR) is 69.2 cm³/mol. The smallest absolute Gasteiger partial charge is 0.123 e. The molecule has 90 valence electrons. The van der Waals surface area contributed by atoms with Crippen molar-refractivity contribution in [2.75, 3.05) is 31.2 Å². The van der Waals surface area contributed by atoms with Crippen LogP contribution in [0.4, 0.5) is 5.69 Å². The number of hydrogen-bond donors (Lipinski definition) is 0. The minimum atomic E-state index is 0.477. The molecule has 1 aromatic rings. The van der Waals surface area contributed by atoms with E-state index in [-0.39, 0.29) is 0 Å². The van der Waals surface area contributed by atoms with Gasteiger partial charge in [-0.3, -0.25) is 0 Å². The molecule has 1 saturated heterocycles. The van der Waals surface area contributed by atoms with Gasteiger partial charge in [-0.1, -0.05) is 24.3 Å². The molecule has 0 aromatic heterocycles. The van der Waals surface area contributed by atoms with E-state index in [2.05, 4.69) is 29.2 Å². The molecule has 2 rings (SSSR count). The average molecular weight is 231 g/mol. The summed E-state index contributed by atoms with van der Waals surface area (Å²) in [5, 5.41) is 0. The second-order valence-corrected chi connectivity index (χ2v) is 4.00. The van der Waals surface area contributed by atoms with Crippen LogP contribution in [0.25, 0.3) is 6.08 Å². The van der Waals surface area contributed by atoms with Gasteiger partial charge in [0.1, 0.15) is 6.29 Å². The zero-order valence-corrected chi connectivity index (χ0v) is 9.84. The maximum atomic E-state index is 10.2. The maximum absolute atomic E-state index is 10.2. The molecule has 1 fully saturated rings. The van der Waals surface area contributed by atoms with Gasteiger partial charge in [-0.25, -0.2) is 0 Å². The van der Waals surface area contributed by atoms with Crippen molar-refractivity contribution in [3.05, 3.63) is 35.9 Å². The van der Waals surface area contributed by atoms with Gasteiger partial charge in [-0.05, 0) is 17.7 Å². The lowest BCUT2D eigenvalue weighted by molar-refractivity contribution is -0.107. The van der Waals surface area contributed by atoms with Crippen molar-refractivity contribution >= 4 is 18.0 Å². The number of ether oxygens (including phenoxy) is 1. The first-order valence-corrected chi connectivity index (χ1v) is 5.93. The molecule has 0 radical (unpaired) electrons. The van der Waals surface area contributed by atoms with Gasteiger partial charge < -0.3 is 14.4 Å². The molecule has 0 spiro atoms. The van der Waals surface area contributed by atoms with Gasteiger partial charge >= 0.3 is 0 Å². The third-order valence-electron chi connectivity index (χ3n) is 2.81. The maximum Gasteiger partial charge on any atom is 0.123 e. The normalized spacial score (nSPS) is 16.4. The van der Waals surface area contributed by atoms with Gasteiger partial charge in [-0.15, -0.1) is 0 Å². The van der Waals surface area contributed by atoms with Gasteiger partial charge in [0.25, 0.3) is 0 Å². The summed E-state index contributed by atoms with van der Waals surface area (Å²) in [4.78, 5) is 12.5. The largest absolute Gasteiger partial charge is 0.378 e. The lowest BCUT2D eigenvalue weighted by atomic mass is 10.1. The van der Waals surface area contributed by atoms with Gasteiger partial charge in [-0.2, -0.15) is 0 Å². The number of allylic oxidation sites excluding steroid dienone is 1. The minimum Gasteiger partial charge on any atom is -0.378 e. The number of benzene rings is 1. The molecule has 0 amide bonds. The Morgan fingerprint density at radius 3 is 2.53 bits per heavy atom. The van der Waals surface area contributed by atoms with E-state index >= 15 is 0 Å². The molecule has 17 heavy (non-hydrogen) atoms. The van der Waals surface area contributed by atoms with Crippen LogP contribution in [0.2, 0.25) is 0 Å².